The van der Waals surface area contributed by atoms with Gasteiger partial charge < -0.3 is 5.11 Å². The van der Waals surface area contributed by atoms with Crippen LogP contribution in [0.4, 0.5) is 0 Å². The number of sulfonamides is 1. The first-order valence-corrected chi connectivity index (χ1v) is 7.64. The van der Waals surface area contributed by atoms with Crippen molar-refractivity contribution < 1.29 is 18.3 Å². The lowest BCUT2D eigenvalue weighted by molar-refractivity contribution is 0.0696. The zero-order valence-corrected chi connectivity index (χ0v) is 12.0. The number of carboxylic acids is 1. The van der Waals surface area contributed by atoms with Crippen molar-refractivity contribution in [2.45, 2.75) is 17.9 Å². The van der Waals surface area contributed by atoms with E-state index >= 15 is 0 Å². The molecule has 1 heterocycles. The number of nitrogens with one attached hydrogen (secondary N) is 1. The molecule has 0 saturated carbocycles. The number of aromatic nitrogens is 1. The molecule has 2 rings (SSSR count). The first-order chi connectivity index (χ1) is 9.90. The Bertz CT molecular complexity index is 727. The second-order valence-electron chi connectivity index (χ2n) is 4.45. The average Bonchev–Trinajstić information content (AvgIpc) is 2.48. The molecule has 7 heteroatoms. The zero-order valence-electron chi connectivity index (χ0n) is 11.2. The highest BCUT2D eigenvalue weighted by Crippen LogP contribution is 2.16. The van der Waals surface area contributed by atoms with Crippen molar-refractivity contribution in [2.24, 2.45) is 0 Å². The molecule has 110 valence electrons. The molecule has 0 saturated heterocycles. The van der Waals surface area contributed by atoms with E-state index in [4.69, 9.17) is 5.11 Å². The standard InChI is InChI=1S/C14H14N2O4S/c1-10(11-6-8-15-9-7-11)16-21(19,20)13-4-2-12(3-5-13)14(17)18/h2-10,16H,1H3,(H,17,18)/t10-/m0/s1. The Hall–Kier alpha value is -2.25. The number of aromatic carboxylic acids is 1. The van der Waals surface area contributed by atoms with E-state index in [9.17, 15) is 13.2 Å². The number of rotatable bonds is 5. The number of nitrogens with zero attached hydrogens (tertiary/aromatic N) is 1. The second kappa shape index (κ2) is 6.02. The molecule has 1 aromatic heterocycles. The fourth-order valence-electron chi connectivity index (χ4n) is 1.80. The van der Waals surface area contributed by atoms with Crippen LogP contribution < -0.4 is 4.72 Å². The van der Waals surface area contributed by atoms with Crippen molar-refractivity contribution in [3.05, 3.63) is 59.9 Å². The summed E-state index contributed by atoms with van der Waals surface area (Å²) in [6, 6.07) is 8.08. The van der Waals surface area contributed by atoms with Gasteiger partial charge in [0.05, 0.1) is 10.5 Å². The smallest absolute Gasteiger partial charge is 0.335 e. The van der Waals surface area contributed by atoms with Crippen LogP contribution in [0.3, 0.4) is 0 Å². The SMILES string of the molecule is C[C@H](NS(=O)(=O)c1ccc(C(=O)O)cc1)c1ccncc1. The van der Waals surface area contributed by atoms with E-state index in [0.717, 1.165) is 5.56 Å². The Morgan fingerprint density at radius 2 is 1.71 bits per heavy atom. The predicted molar refractivity (Wildman–Crippen MR) is 76.4 cm³/mol. The fourth-order valence-corrected chi connectivity index (χ4v) is 3.03. The number of hydrogen-bond acceptors (Lipinski definition) is 4. The van der Waals surface area contributed by atoms with Gasteiger partial charge in [-0.05, 0) is 48.9 Å². The maximum atomic E-state index is 12.2. The Morgan fingerprint density at radius 3 is 2.24 bits per heavy atom. The number of carbonyl (C=O) groups is 1. The van der Waals surface area contributed by atoms with Crippen molar-refractivity contribution >= 4 is 16.0 Å². The molecular weight excluding hydrogens is 292 g/mol. The van der Waals surface area contributed by atoms with Crippen LogP contribution >= 0.6 is 0 Å². The summed E-state index contributed by atoms with van der Waals surface area (Å²) in [5.74, 6) is -1.10. The van der Waals surface area contributed by atoms with E-state index in [1.807, 2.05) is 0 Å². The van der Waals surface area contributed by atoms with Gasteiger partial charge >= 0.3 is 5.97 Å². The van der Waals surface area contributed by atoms with Crippen molar-refractivity contribution in [3.63, 3.8) is 0 Å². The number of hydrogen-bond donors (Lipinski definition) is 2. The Balaban J connectivity index is 2.20. The summed E-state index contributed by atoms with van der Waals surface area (Å²) in [7, 11) is -3.71. The first-order valence-electron chi connectivity index (χ1n) is 6.16. The lowest BCUT2D eigenvalue weighted by Crippen LogP contribution is -2.26. The monoisotopic (exact) mass is 306 g/mol. The fraction of sp³-hybridized carbons (Fsp3) is 0.143. The molecule has 0 aliphatic carbocycles. The maximum Gasteiger partial charge on any atom is 0.335 e. The van der Waals surface area contributed by atoms with Gasteiger partial charge in [0.15, 0.2) is 0 Å². The van der Waals surface area contributed by atoms with Crippen LogP contribution in [-0.4, -0.2) is 24.5 Å². The molecule has 0 amide bonds. The van der Waals surface area contributed by atoms with Crippen molar-refractivity contribution in [1.82, 2.24) is 9.71 Å². The normalized spacial score (nSPS) is 12.8. The number of benzene rings is 1. The van der Waals surface area contributed by atoms with Crippen LogP contribution in [0.5, 0.6) is 0 Å². The molecule has 0 aliphatic heterocycles. The Kier molecular flexibility index (Phi) is 4.35. The van der Waals surface area contributed by atoms with E-state index in [1.54, 1.807) is 31.5 Å². The van der Waals surface area contributed by atoms with Crippen molar-refractivity contribution in [3.8, 4) is 0 Å². The molecule has 0 radical (unpaired) electrons. The highest BCUT2D eigenvalue weighted by atomic mass is 32.2. The van der Waals surface area contributed by atoms with Crippen LogP contribution in [0.25, 0.3) is 0 Å². The van der Waals surface area contributed by atoms with E-state index in [0.29, 0.717) is 0 Å². The Labute approximate surface area is 122 Å². The number of carboxylic acid groups (broad SMARTS) is 1. The lowest BCUT2D eigenvalue weighted by Gasteiger charge is -2.14. The molecule has 1 atom stereocenters. The van der Waals surface area contributed by atoms with Crippen LogP contribution in [0, 0.1) is 0 Å². The third kappa shape index (κ3) is 3.65. The summed E-state index contributed by atoms with van der Waals surface area (Å²) in [5.41, 5.74) is 0.826. The second-order valence-corrected chi connectivity index (χ2v) is 6.17. The van der Waals surface area contributed by atoms with E-state index in [1.165, 1.54) is 24.3 Å². The minimum Gasteiger partial charge on any atom is -0.478 e. The third-order valence-electron chi connectivity index (χ3n) is 2.95. The molecule has 0 aliphatic rings. The third-order valence-corrected chi connectivity index (χ3v) is 4.51. The molecule has 6 nitrogen and oxygen atoms in total. The predicted octanol–water partition coefficient (Wildman–Crippen LogP) is 1.82. The summed E-state index contributed by atoms with van der Waals surface area (Å²) >= 11 is 0. The average molecular weight is 306 g/mol. The highest BCUT2D eigenvalue weighted by molar-refractivity contribution is 7.89. The summed E-state index contributed by atoms with van der Waals surface area (Å²) in [5, 5.41) is 8.80. The molecular formula is C14H14N2O4S. The molecule has 0 spiro atoms. The van der Waals surface area contributed by atoms with Gasteiger partial charge in [-0.15, -0.1) is 0 Å². The van der Waals surface area contributed by atoms with Gasteiger partial charge in [0.1, 0.15) is 0 Å². The molecule has 0 unspecified atom stereocenters. The topological polar surface area (TPSA) is 96.4 Å². The lowest BCUT2D eigenvalue weighted by atomic mass is 10.1. The highest BCUT2D eigenvalue weighted by Gasteiger charge is 2.18. The van der Waals surface area contributed by atoms with E-state index in [-0.39, 0.29) is 10.5 Å². The molecule has 2 aromatic rings. The van der Waals surface area contributed by atoms with E-state index in [2.05, 4.69) is 9.71 Å². The Morgan fingerprint density at radius 1 is 1.14 bits per heavy atom. The molecule has 0 bridgehead atoms. The molecule has 2 N–H and O–H groups in total. The van der Waals surface area contributed by atoms with Crippen LogP contribution in [-0.2, 0) is 10.0 Å². The van der Waals surface area contributed by atoms with Gasteiger partial charge in [-0.2, -0.15) is 0 Å². The van der Waals surface area contributed by atoms with E-state index < -0.39 is 22.0 Å². The van der Waals surface area contributed by atoms with Gasteiger partial charge in [0.2, 0.25) is 10.0 Å². The molecule has 21 heavy (non-hydrogen) atoms. The quantitative estimate of drug-likeness (QED) is 0.878. The van der Waals surface area contributed by atoms with Crippen LogP contribution in [0.15, 0.2) is 53.7 Å². The first kappa shape index (κ1) is 15.1. The largest absolute Gasteiger partial charge is 0.478 e. The van der Waals surface area contributed by atoms with Crippen LogP contribution in [0.1, 0.15) is 28.9 Å². The van der Waals surface area contributed by atoms with Gasteiger partial charge in [-0.3, -0.25) is 4.98 Å². The van der Waals surface area contributed by atoms with Crippen LogP contribution in [0.2, 0.25) is 0 Å². The van der Waals surface area contributed by atoms with Gasteiger partial charge in [0, 0.05) is 18.4 Å². The van der Waals surface area contributed by atoms with Gasteiger partial charge in [-0.1, -0.05) is 0 Å². The summed E-state index contributed by atoms with van der Waals surface area (Å²) < 4.78 is 27.0. The summed E-state index contributed by atoms with van der Waals surface area (Å²) in [6.45, 7) is 1.72. The minimum absolute atomic E-state index is 0.0217. The summed E-state index contributed by atoms with van der Waals surface area (Å²) in [6.07, 6.45) is 3.17. The maximum absolute atomic E-state index is 12.2. The molecule has 1 aromatic carbocycles. The molecule has 0 fully saturated rings. The van der Waals surface area contributed by atoms with Crippen molar-refractivity contribution in [2.75, 3.05) is 0 Å². The van der Waals surface area contributed by atoms with Gasteiger partial charge in [0.25, 0.3) is 0 Å². The number of pyridine rings is 1. The minimum atomic E-state index is -3.71. The summed E-state index contributed by atoms with van der Waals surface area (Å²) in [4.78, 5) is 14.7. The van der Waals surface area contributed by atoms with Gasteiger partial charge in [-0.25, -0.2) is 17.9 Å². The van der Waals surface area contributed by atoms with Crippen molar-refractivity contribution in [1.29, 1.82) is 0 Å². The zero-order chi connectivity index (χ0) is 15.5.